The van der Waals surface area contributed by atoms with Crippen LogP contribution in [0.1, 0.15) is 65.7 Å². The maximum atomic E-state index is 14.2. The summed E-state index contributed by atoms with van der Waals surface area (Å²) in [6.07, 6.45) is -0.794. The Morgan fingerprint density at radius 2 is 1.80 bits per heavy atom. The SMILES string of the molecule is CC(C)(C)OC(=O)N[C@H]1CCCC(O)C(O)CC[C@H]2C[C@@]2(C(=O)O)NC(=O)[C@@H]2CC(Oc3ccnc4ccccc34)CN2C1=O. The average molecular weight is 627 g/mol. The number of rotatable bonds is 4. The van der Waals surface area contributed by atoms with Gasteiger partial charge in [0.15, 0.2) is 0 Å². The Labute approximate surface area is 261 Å². The van der Waals surface area contributed by atoms with Gasteiger partial charge in [-0.3, -0.25) is 14.6 Å². The number of ether oxygens (including phenoxy) is 2. The van der Waals surface area contributed by atoms with Crippen LogP contribution in [0.25, 0.3) is 10.9 Å². The van der Waals surface area contributed by atoms with Crippen molar-refractivity contribution in [2.45, 2.75) is 107 Å². The molecule has 1 saturated carbocycles. The van der Waals surface area contributed by atoms with Crippen LogP contribution in [0.2, 0.25) is 0 Å². The number of carboxylic acids is 1. The topological polar surface area (TPSA) is 188 Å². The van der Waals surface area contributed by atoms with Gasteiger partial charge in [0.1, 0.15) is 35.1 Å². The van der Waals surface area contributed by atoms with Crippen LogP contribution in [0.3, 0.4) is 0 Å². The van der Waals surface area contributed by atoms with Gasteiger partial charge in [-0.2, -0.15) is 0 Å². The van der Waals surface area contributed by atoms with Crippen molar-refractivity contribution in [1.82, 2.24) is 20.5 Å². The zero-order valence-electron chi connectivity index (χ0n) is 25.8. The van der Waals surface area contributed by atoms with Gasteiger partial charge >= 0.3 is 12.1 Å². The monoisotopic (exact) mass is 626 g/mol. The van der Waals surface area contributed by atoms with E-state index >= 15 is 0 Å². The molecule has 3 amide bonds. The Morgan fingerprint density at radius 1 is 1.07 bits per heavy atom. The molecule has 0 spiro atoms. The van der Waals surface area contributed by atoms with Gasteiger partial charge in [-0.1, -0.05) is 12.1 Å². The predicted molar refractivity (Wildman–Crippen MR) is 161 cm³/mol. The average Bonchev–Trinajstić information content (AvgIpc) is 3.52. The third-order valence-corrected chi connectivity index (χ3v) is 8.82. The number of nitrogens with one attached hydrogen (secondary N) is 2. The van der Waals surface area contributed by atoms with Gasteiger partial charge in [0.25, 0.3) is 0 Å². The molecule has 3 aliphatic rings. The summed E-state index contributed by atoms with van der Waals surface area (Å²) in [6.45, 7) is 5.08. The number of aliphatic hydroxyl groups is 2. The molecule has 3 unspecified atom stereocenters. The predicted octanol–water partition coefficient (Wildman–Crippen LogP) is 2.12. The second kappa shape index (κ2) is 12.8. The number of carboxylic acid groups (broad SMARTS) is 1. The number of aromatic nitrogens is 1. The summed E-state index contributed by atoms with van der Waals surface area (Å²) in [5.41, 5.74) is -1.65. The molecule has 2 aliphatic heterocycles. The second-order valence-electron chi connectivity index (χ2n) is 13.3. The van der Waals surface area contributed by atoms with E-state index in [2.05, 4.69) is 15.6 Å². The number of aliphatic carboxylic acids is 1. The lowest BCUT2D eigenvalue weighted by Crippen LogP contribution is -2.56. The number of carbonyl (C=O) groups excluding carboxylic acids is 3. The summed E-state index contributed by atoms with van der Waals surface area (Å²) in [4.78, 5) is 58.9. The summed E-state index contributed by atoms with van der Waals surface area (Å²) in [5, 5.41) is 37.3. The Bertz CT molecular complexity index is 1440. The highest BCUT2D eigenvalue weighted by atomic mass is 16.6. The lowest BCUT2D eigenvalue weighted by atomic mass is 9.99. The van der Waals surface area contributed by atoms with E-state index in [9.17, 15) is 34.5 Å². The molecule has 3 fully saturated rings. The van der Waals surface area contributed by atoms with Crippen molar-refractivity contribution in [3.63, 3.8) is 0 Å². The zero-order chi connectivity index (χ0) is 32.5. The summed E-state index contributed by atoms with van der Waals surface area (Å²) >= 11 is 0. The quantitative estimate of drug-likeness (QED) is 0.336. The highest BCUT2D eigenvalue weighted by Crippen LogP contribution is 2.47. The largest absolute Gasteiger partial charge is 0.488 e. The van der Waals surface area contributed by atoms with Crippen LogP contribution in [-0.2, 0) is 19.1 Å². The molecule has 5 rings (SSSR count). The van der Waals surface area contributed by atoms with Crippen LogP contribution in [0.5, 0.6) is 5.75 Å². The number of alkyl carbamates (subject to hydrolysis) is 1. The number of hydrogen-bond donors (Lipinski definition) is 5. The first-order valence-electron chi connectivity index (χ1n) is 15.5. The van der Waals surface area contributed by atoms with Crippen LogP contribution in [0.4, 0.5) is 4.79 Å². The maximum absolute atomic E-state index is 14.2. The minimum Gasteiger partial charge on any atom is -0.488 e. The van der Waals surface area contributed by atoms with E-state index in [0.717, 1.165) is 5.39 Å². The van der Waals surface area contributed by atoms with Gasteiger partial charge in [0, 0.05) is 18.0 Å². The van der Waals surface area contributed by atoms with Crippen molar-refractivity contribution in [2.75, 3.05) is 6.54 Å². The highest BCUT2D eigenvalue weighted by molar-refractivity contribution is 5.96. The van der Waals surface area contributed by atoms with E-state index in [1.165, 1.54) is 4.90 Å². The fourth-order valence-electron chi connectivity index (χ4n) is 6.37. The zero-order valence-corrected chi connectivity index (χ0v) is 25.8. The normalized spacial score (nSPS) is 31.1. The molecule has 0 radical (unpaired) electrons. The Balaban J connectivity index is 1.45. The van der Waals surface area contributed by atoms with E-state index in [0.29, 0.717) is 17.7 Å². The third-order valence-electron chi connectivity index (χ3n) is 8.82. The molecule has 13 heteroatoms. The molecular formula is C32H42N4O9. The van der Waals surface area contributed by atoms with Crippen molar-refractivity contribution in [2.24, 2.45) is 5.92 Å². The molecule has 13 nitrogen and oxygen atoms in total. The number of pyridine rings is 1. The van der Waals surface area contributed by atoms with Crippen molar-refractivity contribution < 1.29 is 44.0 Å². The lowest BCUT2D eigenvalue weighted by Gasteiger charge is -2.30. The van der Waals surface area contributed by atoms with Gasteiger partial charge in [-0.15, -0.1) is 0 Å². The molecule has 1 aromatic heterocycles. The fraction of sp³-hybridized carbons (Fsp3) is 0.594. The summed E-state index contributed by atoms with van der Waals surface area (Å²) in [7, 11) is 0. The molecule has 1 aromatic carbocycles. The first kappa shape index (κ1) is 32.4. The summed E-state index contributed by atoms with van der Waals surface area (Å²) < 4.78 is 11.7. The Hall–Kier alpha value is -3.97. The smallest absolute Gasteiger partial charge is 0.408 e. The Morgan fingerprint density at radius 3 is 2.53 bits per heavy atom. The van der Waals surface area contributed by atoms with Gasteiger partial charge in [0.2, 0.25) is 11.8 Å². The van der Waals surface area contributed by atoms with Crippen LogP contribution in [0, 0.1) is 5.92 Å². The van der Waals surface area contributed by atoms with Crippen molar-refractivity contribution >= 4 is 34.8 Å². The van der Waals surface area contributed by atoms with Crippen LogP contribution in [-0.4, -0.2) is 97.2 Å². The maximum Gasteiger partial charge on any atom is 0.408 e. The standard InChI is InChI=1S/C32H42N4O9/c1-31(2,3)45-30(43)34-22-9-6-10-24(37)25(38)12-11-18-16-32(18,29(41)42)35-27(39)23-15-19(17-36(23)28(22)40)44-26-13-14-33-21-8-5-4-7-20(21)26/h4-5,7-8,13-14,18-19,22-25,37-38H,6,9-12,15-17H2,1-3H3,(H,34,43)(H,35,39)(H,41,42)/t18-,19?,22-,23-,24?,25?,32+/m0/s1. The number of aliphatic hydroxyl groups excluding tert-OH is 2. The number of fused-ring (bicyclic) bond motifs is 3. The fourth-order valence-corrected chi connectivity index (χ4v) is 6.37. The van der Waals surface area contributed by atoms with E-state index in [4.69, 9.17) is 9.47 Å². The van der Waals surface area contributed by atoms with E-state index < -0.39 is 71.3 Å². The van der Waals surface area contributed by atoms with Crippen LogP contribution < -0.4 is 15.4 Å². The van der Waals surface area contributed by atoms with Gasteiger partial charge in [-0.05, 0) is 83.4 Å². The van der Waals surface area contributed by atoms with Crippen molar-refractivity contribution in [3.8, 4) is 5.75 Å². The van der Waals surface area contributed by atoms with Crippen LogP contribution >= 0.6 is 0 Å². The number of para-hydroxylation sites is 1. The van der Waals surface area contributed by atoms with Gasteiger partial charge in [-0.25, -0.2) is 9.59 Å². The highest BCUT2D eigenvalue weighted by Gasteiger charge is 2.62. The minimum absolute atomic E-state index is 0.00487. The third kappa shape index (κ3) is 7.30. The van der Waals surface area contributed by atoms with Gasteiger partial charge in [0.05, 0.1) is 24.3 Å². The number of nitrogens with zero attached hydrogens (tertiary/aromatic N) is 2. The number of benzene rings is 1. The molecule has 2 saturated heterocycles. The molecule has 5 N–H and O–H groups in total. The molecule has 3 heterocycles. The van der Waals surface area contributed by atoms with E-state index in [1.54, 1.807) is 33.0 Å². The lowest BCUT2D eigenvalue weighted by molar-refractivity contribution is -0.146. The molecular weight excluding hydrogens is 584 g/mol. The van der Waals surface area contributed by atoms with E-state index in [1.807, 2.05) is 24.3 Å². The van der Waals surface area contributed by atoms with Crippen LogP contribution in [0.15, 0.2) is 36.5 Å². The first-order valence-corrected chi connectivity index (χ1v) is 15.5. The van der Waals surface area contributed by atoms with Gasteiger partial charge < -0.3 is 40.3 Å². The Kier molecular flexibility index (Phi) is 9.22. The summed E-state index contributed by atoms with van der Waals surface area (Å²) in [5.74, 6) is -2.30. The molecule has 45 heavy (non-hydrogen) atoms. The second-order valence-corrected chi connectivity index (χ2v) is 13.3. The van der Waals surface area contributed by atoms with Crippen molar-refractivity contribution in [3.05, 3.63) is 36.5 Å². The van der Waals surface area contributed by atoms with E-state index in [-0.39, 0.29) is 45.1 Å². The number of hydrogen-bond acceptors (Lipinski definition) is 9. The minimum atomic E-state index is -1.54. The molecule has 2 aromatic rings. The molecule has 1 aliphatic carbocycles. The summed E-state index contributed by atoms with van der Waals surface area (Å²) in [6, 6.07) is 6.94. The molecule has 244 valence electrons. The molecule has 7 atom stereocenters. The van der Waals surface area contributed by atoms with Crippen molar-refractivity contribution in [1.29, 1.82) is 0 Å². The number of amides is 3. The molecule has 0 bridgehead atoms. The number of carbonyl (C=O) groups is 4. The first-order chi connectivity index (χ1) is 21.3.